The average molecular weight is 313 g/mol. The molecule has 2 aromatic rings. The first kappa shape index (κ1) is 15.3. The van der Waals surface area contributed by atoms with E-state index in [9.17, 15) is 9.59 Å². The number of hydrogen-bond acceptors (Lipinski definition) is 4. The minimum atomic E-state index is -0.630. The number of fused-ring (bicyclic) bond motifs is 1. The number of nitrogens with zero attached hydrogens (tertiary/aromatic N) is 1. The van der Waals surface area contributed by atoms with Crippen molar-refractivity contribution in [3.63, 3.8) is 0 Å². The van der Waals surface area contributed by atoms with E-state index in [0.717, 1.165) is 29.8 Å². The van der Waals surface area contributed by atoms with Crippen molar-refractivity contribution in [2.24, 2.45) is 7.05 Å². The van der Waals surface area contributed by atoms with Crippen LogP contribution in [0.4, 0.5) is 10.5 Å². The molecule has 0 fully saturated rings. The number of rotatable bonds is 3. The van der Waals surface area contributed by atoms with Gasteiger partial charge >= 0.3 is 6.09 Å². The number of aromatic nitrogens is 1. The van der Waals surface area contributed by atoms with Crippen molar-refractivity contribution in [2.45, 2.75) is 19.6 Å². The number of anilines is 1. The maximum absolute atomic E-state index is 12.3. The van der Waals surface area contributed by atoms with Gasteiger partial charge in [-0.05, 0) is 17.2 Å². The highest BCUT2D eigenvalue weighted by Gasteiger charge is 2.17. The minimum absolute atomic E-state index is 0.166. The second-order valence-corrected chi connectivity index (χ2v) is 5.51. The van der Waals surface area contributed by atoms with Crippen LogP contribution in [0.2, 0.25) is 0 Å². The molecule has 0 saturated carbocycles. The molecule has 1 amide bonds. The van der Waals surface area contributed by atoms with Crippen molar-refractivity contribution in [3.8, 4) is 0 Å². The van der Waals surface area contributed by atoms with E-state index in [-0.39, 0.29) is 17.9 Å². The van der Waals surface area contributed by atoms with Gasteiger partial charge in [0.15, 0.2) is 0 Å². The highest BCUT2D eigenvalue weighted by Crippen LogP contribution is 2.15. The van der Waals surface area contributed by atoms with Crippen LogP contribution in [0.25, 0.3) is 0 Å². The summed E-state index contributed by atoms with van der Waals surface area (Å²) in [4.78, 5) is 24.2. The molecule has 1 aromatic heterocycles. The van der Waals surface area contributed by atoms with Gasteiger partial charge in [0.2, 0.25) is 0 Å². The van der Waals surface area contributed by atoms with E-state index < -0.39 is 6.09 Å². The van der Waals surface area contributed by atoms with Gasteiger partial charge in [-0.3, -0.25) is 10.1 Å². The number of hydrogen-bond donors (Lipinski definition) is 2. The zero-order valence-corrected chi connectivity index (χ0v) is 13.0. The van der Waals surface area contributed by atoms with Crippen molar-refractivity contribution >= 4 is 11.8 Å². The van der Waals surface area contributed by atoms with Crippen molar-refractivity contribution < 1.29 is 9.53 Å². The number of ether oxygens (including phenoxy) is 1. The largest absolute Gasteiger partial charge is 0.444 e. The molecule has 0 radical (unpaired) electrons. The standard InChI is InChI=1S/C17H19N3O3/c1-20-15-7-8-18-10-13(15)9-14(16(20)21)19-17(22)23-11-12-5-3-2-4-6-12/h2-6,9,18H,7-8,10-11H2,1H3,(H,19,22). The van der Waals surface area contributed by atoms with Gasteiger partial charge in [0.25, 0.3) is 5.56 Å². The van der Waals surface area contributed by atoms with Crippen LogP contribution in [0.5, 0.6) is 0 Å². The Labute approximate surface area is 134 Å². The van der Waals surface area contributed by atoms with Gasteiger partial charge < -0.3 is 14.6 Å². The van der Waals surface area contributed by atoms with Gasteiger partial charge in [-0.15, -0.1) is 0 Å². The van der Waals surface area contributed by atoms with Crippen LogP contribution in [-0.4, -0.2) is 17.2 Å². The molecule has 0 bridgehead atoms. The maximum Gasteiger partial charge on any atom is 0.412 e. The van der Waals surface area contributed by atoms with E-state index in [4.69, 9.17) is 4.74 Å². The molecule has 23 heavy (non-hydrogen) atoms. The zero-order valence-electron chi connectivity index (χ0n) is 13.0. The van der Waals surface area contributed by atoms with Crippen molar-refractivity contribution in [3.05, 3.63) is 63.6 Å². The molecule has 0 spiro atoms. The molecule has 6 heteroatoms. The van der Waals surface area contributed by atoms with E-state index >= 15 is 0 Å². The van der Waals surface area contributed by atoms with Crippen LogP contribution in [0.15, 0.2) is 41.2 Å². The van der Waals surface area contributed by atoms with Gasteiger partial charge in [0.05, 0.1) is 0 Å². The Bertz CT molecular complexity index is 769. The maximum atomic E-state index is 12.3. The molecular formula is C17H19N3O3. The average Bonchev–Trinajstić information content (AvgIpc) is 2.58. The molecule has 0 unspecified atom stereocenters. The summed E-state index contributed by atoms with van der Waals surface area (Å²) in [6.45, 7) is 1.71. The lowest BCUT2D eigenvalue weighted by Gasteiger charge is -2.21. The molecule has 2 heterocycles. The molecule has 120 valence electrons. The predicted molar refractivity (Wildman–Crippen MR) is 87.3 cm³/mol. The van der Waals surface area contributed by atoms with Crippen LogP contribution >= 0.6 is 0 Å². The number of benzene rings is 1. The Balaban J connectivity index is 1.71. The number of nitrogens with one attached hydrogen (secondary N) is 2. The molecule has 1 aromatic carbocycles. The Morgan fingerprint density at radius 1 is 1.35 bits per heavy atom. The van der Waals surface area contributed by atoms with E-state index in [0.29, 0.717) is 6.54 Å². The quantitative estimate of drug-likeness (QED) is 0.906. The normalized spacial score (nSPS) is 13.3. The van der Waals surface area contributed by atoms with Gasteiger partial charge in [-0.1, -0.05) is 30.3 Å². The molecule has 3 rings (SSSR count). The number of amides is 1. The third-order valence-electron chi connectivity index (χ3n) is 3.93. The van der Waals surface area contributed by atoms with Gasteiger partial charge in [-0.2, -0.15) is 0 Å². The summed E-state index contributed by atoms with van der Waals surface area (Å²) in [7, 11) is 1.73. The van der Waals surface area contributed by atoms with Gasteiger partial charge in [0, 0.05) is 32.3 Å². The summed E-state index contributed by atoms with van der Waals surface area (Å²) in [5, 5.41) is 5.80. The molecule has 1 aliphatic heterocycles. The Morgan fingerprint density at radius 2 is 2.13 bits per heavy atom. The van der Waals surface area contributed by atoms with Crippen LogP contribution in [0.1, 0.15) is 16.8 Å². The summed E-state index contributed by atoms with van der Waals surface area (Å²) in [5.41, 5.74) is 2.95. The smallest absolute Gasteiger partial charge is 0.412 e. The van der Waals surface area contributed by atoms with E-state index in [1.165, 1.54) is 0 Å². The number of carbonyl (C=O) groups excluding carboxylic acids is 1. The Hall–Kier alpha value is -2.60. The number of carbonyl (C=O) groups is 1. The fourth-order valence-corrected chi connectivity index (χ4v) is 2.71. The third kappa shape index (κ3) is 3.43. The fraction of sp³-hybridized carbons (Fsp3) is 0.294. The molecule has 6 nitrogen and oxygen atoms in total. The lowest BCUT2D eigenvalue weighted by Crippen LogP contribution is -2.33. The molecule has 2 N–H and O–H groups in total. The highest BCUT2D eigenvalue weighted by atomic mass is 16.5. The second-order valence-electron chi connectivity index (χ2n) is 5.51. The first-order valence-corrected chi connectivity index (χ1v) is 7.55. The summed E-state index contributed by atoms with van der Waals surface area (Å²) < 4.78 is 6.76. The Kier molecular flexibility index (Phi) is 4.43. The van der Waals surface area contributed by atoms with Gasteiger partial charge in [-0.25, -0.2) is 4.79 Å². The summed E-state index contributed by atoms with van der Waals surface area (Å²) in [6, 6.07) is 11.1. The first-order chi connectivity index (χ1) is 11.1. The lowest BCUT2D eigenvalue weighted by molar-refractivity contribution is 0.155. The van der Waals surface area contributed by atoms with E-state index in [1.807, 2.05) is 30.3 Å². The third-order valence-corrected chi connectivity index (χ3v) is 3.93. The topological polar surface area (TPSA) is 72.4 Å². The highest BCUT2D eigenvalue weighted by molar-refractivity contribution is 5.84. The monoisotopic (exact) mass is 313 g/mol. The zero-order chi connectivity index (χ0) is 16.2. The first-order valence-electron chi connectivity index (χ1n) is 7.55. The summed E-state index contributed by atoms with van der Waals surface area (Å²) >= 11 is 0. The summed E-state index contributed by atoms with van der Waals surface area (Å²) in [5.74, 6) is 0. The Morgan fingerprint density at radius 3 is 2.91 bits per heavy atom. The molecule has 0 saturated heterocycles. The second kappa shape index (κ2) is 6.66. The molecule has 1 aliphatic rings. The molecule has 0 aliphatic carbocycles. The summed E-state index contributed by atoms with van der Waals surface area (Å²) in [6.07, 6.45) is 0.175. The van der Waals surface area contributed by atoms with Crippen molar-refractivity contribution in [1.29, 1.82) is 0 Å². The van der Waals surface area contributed by atoms with Crippen molar-refractivity contribution in [1.82, 2.24) is 9.88 Å². The van der Waals surface area contributed by atoms with Crippen molar-refractivity contribution in [2.75, 3.05) is 11.9 Å². The fourth-order valence-electron chi connectivity index (χ4n) is 2.71. The van der Waals surface area contributed by atoms with Crippen LogP contribution < -0.4 is 16.2 Å². The predicted octanol–water partition coefficient (Wildman–Crippen LogP) is 1.78. The van der Waals surface area contributed by atoms with Crippen LogP contribution in [0, 0.1) is 0 Å². The van der Waals surface area contributed by atoms with E-state index in [1.54, 1.807) is 17.7 Å². The minimum Gasteiger partial charge on any atom is -0.444 e. The van der Waals surface area contributed by atoms with E-state index in [2.05, 4.69) is 10.6 Å². The SMILES string of the molecule is Cn1c2c(cc(NC(=O)OCc3ccccc3)c1=O)CNCC2. The molecule has 0 atom stereocenters. The lowest BCUT2D eigenvalue weighted by atomic mass is 10.1. The molecular weight excluding hydrogens is 294 g/mol. The number of pyridine rings is 1. The van der Waals surface area contributed by atoms with Crippen LogP contribution in [-0.2, 0) is 31.4 Å². The van der Waals surface area contributed by atoms with Gasteiger partial charge in [0.1, 0.15) is 12.3 Å². The van der Waals surface area contributed by atoms with Crippen LogP contribution in [0.3, 0.4) is 0 Å².